The van der Waals surface area contributed by atoms with E-state index in [2.05, 4.69) is 27.8 Å². The van der Waals surface area contributed by atoms with Gasteiger partial charge in [-0.3, -0.25) is 4.79 Å². The number of halogens is 1. The Bertz CT molecular complexity index is 261. The average Bonchev–Trinajstić information content (AvgIpc) is 2.29. The molecule has 0 spiro atoms. The van der Waals surface area contributed by atoms with Crippen molar-refractivity contribution < 1.29 is 4.79 Å². The minimum Gasteiger partial charge on any atom is -0.341 e. The summed E-state index contributed by atoms with van der Waals surface area (Å²) in [5, 5.41) is 0. The summed E-state index contributed by atoms with van der Waals surface area (Å²) in [4.78, 5) is 15.1. The predicted molar refractivity (Wildman–Crippen MR) is 69.7 cm³/mol. The lowest BCUT2D eigenvalue weighted by atomic mass is 9.74. The van der Waals surface area contributed by atoms with Gasteiger partial charge in [0.2, 0.25) is 5.91 Å². The third-order valence-corrected chi connectivity index (χ3v) is 4.87. The van der Waals surface area contributed by atoms with Crippen molar-refractivity contribution in [3.05, 3.63) is 0 Å². The van der Waals surface area contributed by atoms with Crippen molar-refractivity contribution in [3.8, 4) is 0 Å². The van der Waals surface area contributed by atoms with Crippen LogP contribution in [0.1, 0.15) is 51.9 Å². The second-order valence-electron chi connectivity index (χ2n) is 5.61. The monoisotopic (exact) mass is 287 g/mol. The number of hydrogen-bond acceptors (Lipinski definition) is 1. The molecule has 0 N–H and O–H groups in total. The van der Waals surface area contributed by atoms with Gasteiger partial charge < -0.3 is 4.90 Å². The molecule has 3 heteroatoms. The SMILES string of the molecule is CC1(C(=O)N2CCCC(Br)C2)CCCCC1. The third kappa shape index (κ3) is 2.61. The number of carbonyl (C=O) groups is 1. The smallest absolute Gasteiger partial charge is 0.228 e. The molecule has 1 unspecified atom stereocenters. The van der Waals surface area contributed by atoms with Crippen LogP contribution in [0.25, 0.3) is 0 Å². The first-order valence-electron chi connectivity index (χ1n) is 6.55. The third-order valence-electron chi connectivity index (χ3n) is 4.12. The number of likely N-dealkylation sites (tertiary alicyclic amines) is 1. The molecule has 2 rings (SSSR count). The Morgan fingerprint density at radius 1 is 1.25 bits per heavy atom. The quantitative estimate of drug-likeness (QED) is 0.678. The highest BCUT2D eigenvalue weighted by Gasteiger charge is 2.38. The van der Waals surface area contributed by atoms with E-state index in [1.165, 1.54) is 25.7 Å². The molecule has 2 aliphatic rings. The van der Waals surface area contributed by atoms with Gasteiger partial charge in [0.15, 0.2) is 0 Å². The van der Waals surface area contributed by atoms with E-state index in [0.29, 0.717) is 10.7 Å². The Kier molecular flexibility index (Phi) is 3.93. The van der Waals surface area contributed by atoms with Crippen LogP contribution in [-0.2, 0) is 4.79 Å². The van der Waals surface area contributed by atoms with Crippen molar-refractivity contribution in [1.29, 1.82) is 0 Å². The van der Waals surface area contributed by atoms with Gasteiger partial charge in [-0.1, -0.05) is 42.1 Å². The summed E-state index contributed by atoms with van der Waals surface area (Å²) in [5.41, 5.74) is -0.0533. The van der Waals surface area contributed by atoms with Gasteiger partial charge in [-0.25, -0.2) is 0 Å². The molecule has 2 fully saturated rings. The van der Waals surface area contributed by atoms with E-state index in [1.807, 2.05) is 0 Å². The Balaban J connectivity index is 1.99. The van der Waals surface area contributed by atoms with Crippen LogP contribution in [0.5, 0.6) is 0 Å². The number of carbonyl (C=O) groups excluding carboxylic acids is 1. The normalized spacial score (nSPS) is 30.1. The molecule has 1 saturated carbocycles. The lowest BCUT2D eigenvalue weighted by Gasteiger charge is -2.39. The molecule has 0 aromatic carbocycles. The van der Waals surface area contributed by atoms with Crippen LogP contribution in [0.15, 0.2) is 0 Å². The second-order valence-corrected chi connectivity index (χ2v) is 6.91. The van der Waals surface area contributed by atoms with E-state index >= 15 is 0 Å². The van der Waals surface area contributed by atoms with Gasteiger partial charge in [-0.2, -0.15) is 0 Å². The van der Waals surface area contributed by atoms with E-state index in [9.17, 15) is 4.79 Å². The molecule has 0 aromatic rings. The number of rotatable bonds is 1. The minimum absolute atomic E-state index is 0.0533. The number of hydrogen-bond donors (Lipinski definition) is 0. The summed E-state index contributed by atoms with van der Waals surface area (Å²) in [7, 11) is 0. The summed E-state index contributed by atoms with van der Waals surface area (Å²) < 4.78 is 0. The Morgan fingerprint density at radius 2 is 1.94 bits per heavy atom. The maximum atomic E-state index is 12.5. The molecule has 92 valence electrons. The van der Waals surface area contributed by atoms with E-state index in [-0.39, 0.29) is 5.41 Å². The molecule has 1 amide bonds. The summed E-state index contributed by atoms with van der Waals surface area (Å²) in [6.07, 6.45) is 8.31. The zero-order chi connectivity index (χ0) is 11.6. The topological polar surface area (TPSA) is 20.3 Å². The highest BCUT2D eigenvalue weighted by molar-refractivity contribution is 9.09. The van der Waals surface area contributed by atoms with Gasteiger partial charge in [0.1, 0.15) is 0 Å². The molecular weight excluding hydrogens is 266 g/mol. The van der Waals surface area contributed by atoms with Crippen molar-refractivity contribution in [3.63, 3.8) is 0 Å². The molecule has 1 saturated heterocycles. The van der Waals surface area contributed by atoms with Crippen LogP contribution in [0, 0.1) is 5.41 Å². The highest BCUT2D eigenvalue weighted by atomic mass is 79.9. The summed E-state index contributed by atoms with van der Waals surface area (Å²) in [5.74, 6) is 0.413. The van der Waals surface area contributed by atoms with Crippen molar-refractivity contribution in [2.24, 2.45) is 5.41 Å². The van der Waals surface area contributed by atoms with Crippen molar-refractivity contribution >= 4 is 21.8 Å². The van der Waals surface area contributed by atoms with Crippen LogP contribution < -0.4 is 0 Å². The van der Waals surface area contributed by atoms with Crippen LogP contribution in [0.3, 0.4) is 0 Å². The molecule has 0 bridgehead atoms. The second kappa shape index (κ2) is 5.07. The van der Waals surface area contributed by atoms with Gasteiger partial charge in [0.25, 0.3) is 0 Å². The van der Waals surface area contributed by atoms with Crippen LogP contribution in [-0.4, -0.2) is 28.7 Å². The van der Waals surface area contributed by atoms with E-state index in [1.54, 1.807) is 0 Å². The lowest BCUT2D eigenvalue weighted by Crippen LogP contribution is -2.48. The largest absolute Gasteiger partial charge is 0.341 e. The molecule has 1 aliphatic heterocycles. The molecule has 1 atom stereocenters. The maximum Gasteiger partial charge on any atom is 0.228 e. The summed E-state index contributed by atoms with van der Waals surface area (Å²) >= 11 is 3.64. The summed E-state index contributed by atoms with van der Waals surface area (Å²) in [6, 6.07) is 0. The number of nitrogens with zero attached hydrogens (tertiary/aromatic N) is 1. The summed E-state index contributed by atoms with van der Waals surface area (Å²) in [6.45, 7) is 4.05. The Morgan fingerprint density at radius 3 is 2.56 bits per heavy atom. The van der Waals surface area contributed by atoms with Crippen molar-refractivity contribution in [2.45, 2.75) is 56.7 Å². The predicted octanol–water partition coefficient (Wildman–Crippen LogP) is 3.34. The fraction of sp³-hybridized carbons (Fsp3) is 0.923. The zero-order valence-corrected chi connectivity index (χ0v) is 11.8. The molecule has 16 heavy (non-hydrogen) atoms. The first-order chi connectivity index (χ1) is 7.62. The molecule has 0 aromatic heterocycles. The van der Waals surface area contributed by atoms with E-state index < -0.39 is 0 Å². The first kappa shape index (κ1) is 12.4. The van der Waals surface area contributed by atoms with E-state index in [4.69, 9.17) is 0 Å². The van der Waals surface area contributed by atoms with E-state index in [0.717, 1.165) is 32.4 Å². The standard InChI is InChI=1S/C13H22BrNO/c1-13(7-3-2-4-8-13)12(16)15-9-5-6-11(14)10-15/h11H,2-10H2,1H3. The maximum absolute atomic E-state index is 12.5. The lowest BCUT2D eigenvalue weighted by molar-refractivity contribution is -0.143. The van der Waals surface area contributed by atoms with Gasteiger partial charge in [0.05, 0.1) is 0 Å². The van der Waals surface area contributed by atoms with Crippen LogP contribution in [0.2, 0.25) is 0 Å². The Labute approximate surface area is 107 Å². The van der Waals surface area contributed by atoms with Crippen LogP contribution >= 0.6 is 15.9 Å². The molecule has 1 aliphatic carbocycles. The molecule has 0 radical (unpaired) electrons. The highest BCUT2D eigenvalue weighted by Crippen LogP contribution is 2.38. The van der Waals surface area contributed by atoms with Crippen molar-refractivity contribution in [2.75, 3.05) is 13.1 Å². The minimum atomic E-state index is -0.0533. The first-order valence-corrected chi connectivity index (χ1v) is 7.47. The zero-order valence-electron chi connectivity index (χ0n) is 10.2. The van der Waals surface area contributed by atoms with Crippen LogP contribution in [0.4, 0.5) is 0 Å². The fourth-order valence-corrected chi connectivity index (χ4v) is 3.71. The Hall–Kier alpha value is -0.0500. The number of alkyl halides is 1. The van der Waals surface area contributed by atoms with Gasteiger partial charge in [-0.15, -0.1) is 0 Å². The van der Waals surface area contributed by atoms with Gasteiger partial charge in [0, 0.05) is 23.3 Å². The van der Waals surface area contributed by atoms with Gasteiger partial charge >= 0.3 is 0 Å². The fourth-order valence-electron chi connectivity index (χ4n) is 3.04. The number of piperidine rings is 1. The molecular formula is C13H22BrNO. The molecule has 1 heterocycles. The number of amides is 1. The van der Waals surface area contributed by atoms with Crippen molar-refractivity contribution in [1.82, 2.24) is 4.90 Å². The van der Waals surface area contributed by atoms with Gasteiger partial charge in [-0.05, 0) is 25.7 Å². The molecule has 2 nitrogen and oxygen atoms in total. The average molecular weight is 288 g/mol.